The maximum atomic E-state index is 13.4. The maximum Gasteiger partial charge on any atom is 0.317 e. The summed E-state index contributed by atoms with van der Waals surface area (Å²) in [6.07, 6.45) is 4.41. The molecule has 0 bridgehead atoms. The summed E-state index contributed by atoms with van der Waals surface area (Å²) in [6.45, 7) is 3.30. The molecule has 0 spiro atoms. The van der Waals surface area contributed by atoms with Crippen LogP contribution in [0.25, 0.3) is 0 Å². The second-order valence-electron chi connectivity index (χ2n) is 5.75. The molecule has 1 atom stereocenters. The Morgan fingerprint density at radius 3 is 3.13 bits per heavy atom. The lowest BCUT2D eigenvalue weighted by Gasteiger charge is -2.25. The van der Waals surface area contributed by atoms with Gasteiger partial charge in [0.05, 0.1) is 11.0 Å². The first kappa shape index (κ1) is 15.9. The van der Waals surface area contributed by atoms with E-state index in [2.05, 4.69) is 10.3 Å². The molecule has 0 aliphatic carbocycles. The molecule has 3 rings (SSSR count). The molecule has 1 saturated heterocycles. The quantitative estimate of drug-likeness (QED) is 0.928. The second kappa shape index (κ2) is 7.08. The highest BCUT2D eigenvalue weighted by molar-refractivity contribution is 7.11. The third kappa shape index (κ3) is 3.88. The van der Waals surface area contributed by atoms with Crippen LogP contribution < -0.4 is 5.32 Å². The third-order valence-electron chi connectivity index (χ3n) is 4.03. The number of halogens is 1. The van der Waals surface area contributed by atoms with Crippen molar-refractivity contribution in [3.63, 3.8) is 0 Å². The molecule has 4 nitrogen and oxygen atoms in total. The molecule has 23 heavy (non-hydrogen) atoms. The summed E-state index contributed by atoms with van der Waals surface area (Å²) in [4.78, 5) is 19.7. The minimum atomic E-state index is -0.256. The fourth-order valence-corrected chi connectivity index (χ4v) is 3.75. The number of urea groups is 1. The number of carbonyl (C=O) groups excluding carboxylic acids is 1. The molecule has 2 heterocycles. The molecular formula is C17H20FN3OS. The van der Waals surface area contributed by atoms with Crippen LogP contribution in [0, 0.1) is 12.7 Å². The number of hydrogen-bond donors (Lipinski definition) is 1. The number of nitrogens with one attached hydrogen (secondary N) is 1. The van der Waals surface area contributed by atoms with E-state index >= 15 is 0 Å². The Balaban J connectivity index is 1.57. The van der Waals surface area contributed by atoms with Gasteiger partial charge in [-0.25, -0.2) is 14.2 Å². The predicted octanol–water partition coefficient (Wildman–Crippen LogP) is 3.68. The van der Waals surface area contributed by atoms with Crippen molar-refractivity contribution in [2.45, 2.75) is 32.2 Å². The molecule has 1 aliphatic rings. The molecular weight excluding hydrogens is 313 g/mol. The number of aryl methyl sites for hydroxylation is 1. The van der Waals surface area contributed by atoms with E-state index in [-0.39, 0.29) is 17.9 Å². The monoisotopic (exact) mass is 333 g/mol. The zero-order valence-corrected chi connectivity index (χ0v) is 13.9. The zero-order chi connectivity index (χ0) is 16.2. The van der Waals surface area contributed by atoms with Gasteiger partial charge in [-0.15, -0.1) is 11.3 Å². The molecule has 6 heteroatoms. The number of benzene rings is 1. The van der Waals surface area contributed by atoms with Gasteiger partial charge in [0, 0.05) is 30.6 Å². The lowest BCUT2D eigenvalue weighted by Crippen LogP contribution is -2.40. The number of carbonyl (C=O) groups is 1. The van der Waals surface area contributed by atoms with Crippen molar-refractivity contribution in [2.24, 2.45) is 0 Å². The summed E-state index contributed by atoms with van der Waals surface area (Å²) < 4.78 is 13.4. The van der Waals surface area contributed by atoms with Gasteiger partial charge in [-0.1, -0.05) is 12.1 Å². The van der Waals surface area contributed by atoms with Gasteiger partial charge >= 0.3 is 6.03 Å². The number of aromatic nitrogens is 1. The summed E-state index contributed by atoms with van der Waals surface area (Å²) in [7, 11) is 0. The minimum Gasteiger partial charge on any atom is -0.338 e. The number of nitrogens with zero attached hydrogens (tertiary/aromatic N) is 2. The second-order valence-corrected chi connectivity index (χ2v) is 7.07. The van der Waals surface area contributed by atoms with Crippen LogP contribution in [-0.4, -0.2) is 29.0 Å². The molecule has 1 aromatic carbocycles. The molecule has 1 aromatic heterocycles. The van der Waals surface area contributed by atoms with Crippen LogP contribution in [0.3, 0.4) is 0 Å². The van der Waals surface area contributed by atoms with Gasteiger partial charge in [-0.3, -0.25) is 0 Å². The highest BCUT2D eigenvalue weighted by Gasteiger charge is 2.29. The Morgan fingerprint density at radius 2 is 2.39 bits per heavy atom. The van der Waals surface area contributed by atoms with Crippen molar-refractivity contribution in [3.8, 4) is 0 Å². The number of amides is 2. The van der Waals surface area contributed by atoms with Gasteiger partial charge in [-0.05, 0) is 37.5 Å². The van der Waals surface area contributed by atoms with Crippen LogP contribution in [0.1, 0.15) is 34.3 Å². The van der Waals surface area contributed by atoms with Gasteiger partial charge in [0.1, 0.15) is 5.82 Å². The van der Waals surface area contributed by atoms with Crippen LogP contribution in [0.4, 0.5) is 9.18 Å². The van der Waals surface area contributed by atoms with Crippen LogP contribution in [0.2, 0.25) is 0 Å². The predicted molar refractivity (Wildman–Crippen MR) is 89.0 cm³/mol. The van der Waals surface area contributed by atoms with Crippen molar-refractivity contribution in [2.75, 3.05) is 13.1 Å². The molecule has 2 amide bonds. The fraction of sp³-hybridized carbons (Fsp3) is 0.412. The van der Waals surface area contributed by atoms with Crippen molar-refractivity contribution in [1.82, 2.24) is 15.2 Å². The first-order valence-electron chi connectivity index (χ1n) is 7.85. The Labute approximate surface area is 139 Å². The molecule has 122 valence electrons. The van der Waals surface area contributed by atoms with E-state index in [1.165, 1.54) is 17.0 Å². The molecule has 0 radical (unpaired) electrons. The molecule has 0 saturated carbocycles. The molecule has 2 aromatic rings. The SMILES string of the molecule is Cc1cnc(CCNC(=O)N2CCCC2c2cccc(F)c2)s1. The molecule has 1 unspecified atom stereocenters. The lowest BCUT2D eigenvalue weighted by molar-refractivity contribution is 0.193. The van der Waals surface area contributed by atoms with Crippen molar-refractivity contribution in [1.29, 1.82) is 0 Å². The Morgan fingerprint density at radius 1 is 1.52 bits per heavy atom. The number of hydrogen-bond acceptors (Lipinski definition) is 3. The van der Waals surface area contributed by atoms with Crippen LogP contribution >= 0.6 is 11.3 Å². The largest absolute Gasteiger partial charge is 0.338 e. The van der Waals surface area contributed by atoms with Crippen LogP contribution in [0.5, 0.6) is 0 Å². The van der Waals surface area contributed by atoms with E-state index in [9.17, 15) is 9.18 Å². The Kier molecular flexibility index (Phi) is 4.91. The summed E-state index contributed by atoms with van der Waals surface area (Å²) in [5.41, 5.74) is 0.869. The standard InChI is InChI=1S/C17H20FN3OS/c1-12-11-20-16(23-12)7-8-19-17(22)21-9-3-6-15(21)13-4-2-5-14(18)10-13/h2,4-5,10-11,15H,3,6-9H2,1H3,(H,19,22). The van der Waals surface area contributed by atoms with E-state index in [1.54, 1.807) is 17.4 Å². The van der Waals surface area contributed by atoms with E-state index in [0.717, 1.165) is 29.8 Å². The van der Waals surface area contributed by atoms with Gasteiger partial charge in [0.15, 0.2) is 0 Å². The summed E-state index contributed by atoms with van der Waals surface area (Å²) in [5, 5.41) is 3.99. The van der Waals surface area contributed by atoms with Crippen molar-refractivity contribution in [3.05, 3.63) is 51.7 Å². The third-order valence-corrected chi connectivity index (χ3v) is 5.00. The average molecular weight is 333 g/mol. The zero-order valence-electron chi connectivity index (χ0n) is 13.1. The highest BCUT2D eigenvalue weighted by atomic mass is 32.1. The summed E-state index contributed by atoms with van der Waals surface area (Å²) >= 11 is 1.65. The van der Waals surface area contributed by atoms with E-state index in [1.807, 2.05) is 24.1 Å². The topological polar surface area (TPSA) is 45.2 Å². The summed E-state index contributed by atoms with van der Waals surface area (Å²) in [5.74, 6) is -0.256. The number of rotatable bonds is 4. The van der Waals surface area contributed by atoms with E-state index in [0.29, 0.717) is 13.1 Å². The van der Waals surface area contributed by atoms with Gasteiger partial charge in [0.2, 0.25) is 0 Å². The van der Waals surface area contributed by atoms with E-state index < -0.39 is 0 Å². The van der Waals surface area contributed by atoms with E-state index in [4.69, 9.17) is 0 Å². The summed E-state index contributed by atoms with van der Waals surface area (Å²) in [6, 6.07) is 6.42. The molecule has 1 N–H and O–H groups in total. The normalized spacial score (nSPS) is 17.5. The minimum absolute atomic E-state index is 0.0344. The van der Waals surface area contributed by atoms with Crippen molar-refractivity contribution < 1.29 is 9.18 Å². The van der Waals surface area contributed by atoms with Crippen LogP contribution in [-0.2, 0) is 6.42 Å². The Bertz CT molecular complexity index is 688. The maximum absolute atomic E-state index is 13.4. The smallest absolute Gasteiger partial charge is 0.317 e. The average Bonchev–Trinajstić information content (AvgIpc) is 3.16. The van der Waals surface area contributed by atoms with Gasteiger partial charge in [-0.2, -0.15) is 0 Å². The lowest BCUT2D eigenvalue weighted by atomic mass is 10.0. The number of thiazole rings is 1. The Hall–Kier alpha value is -1.95. The van der Waals surface area contributed by atoms with Gasteiger partial charge in [0.25, 0.3) is 0 Å². The molecule has 1 fully saturated rings. The van der Waals surface area contributed by atoms with Crippen molar-refractivity contribution >= 4 is 17.4 Å². The van der Waals surface area contributed by atoms with Gasteiger partial charge < -0.3 is 10.2 Å². The van der Waals surface area contributed by atoms with Crippen LogP contribution in [0.15, 0.2) is 30.5 Å². The molecule has 1 aliphatic heterocycles. The number of likely N-dealkylation sites (tertiary alicyclic amines) is 1. The first-order valence-corrected chi connectivity index (χ1v) is 8.66. The first-order chi connectivity index (χ1) is 11.1. The fourth-order valence-electron chi connectivity index (χ4n) is 2.97. The highest BCUT2D eigenvalue weighted by Crippen LogP contribution is 2.32.